The van der Waals surface area contributed by atoms with E-state index in [4.69, 9.17) is 9.47 Å². The molecule has 1 fully saturated rings. The molecular weight excluding hydrogens is 513 g/mol. The van der Waals surface area contributed by atoms with Gasteiger partial charge < -0.3 is 9.47 Å². The second-order valence-electron chi connectivity index (χ2n) is 8.17. The maximum atomic E-state index is 13.2. The third-order valence-corrected chi connectivity index (χ3v) is 5.94. The zero-order chi connectivity index (χ0) is 26.1. The number of aromatic amines is 2. The first kappa shape index (κ1) is 26.3. The molecule has 7 nitrogen and oxygen atoms in total. The Balaban J connectivity index is 1.61. The quantitative estimate of drug-likeness (QED) is 0.372. The van der Waals surface area contributed by atoms with Gasteiger partial charge in [-0.25, -0.2) is 9.89 Å². The summed E-state index contributed by atoms with van der Waals surface area (Å²) in [6, 6.07) is 8.00. The molecule has 36 heavy (non-hydrogen) atoms. The molecule has 2 N–H and O–H groups in total. The number of H-pyrrole nitrogens is 2. The minimum atomic E-state index is -4.96. The number of aromatic nitrogens is 3. The van der Waals surface area contributed by atoms with Crippen molar-refractivity contribution in [3.63, 3.8) is 0 Å². The molecule has 194 valence electrons. The first-order valence-electron chi connectivity index (χ1n) is 10.6. The van der Waals surface area contributed by atoms with Crippen LogP contribution in [0.4, 0.5) is 26.3 Å². The lowest BCUT2D eigenvalue weighted by Gasteiger charge is -2.40. The summed E-state index contributed by atoms with van der Waals surface area (Å²) in [6.07, 6.45) is -10.9. The van der Waals surface area contributed by atoms with Crippen molar-refractivity contribution < 1.29 is 35.8 Å². The van der Waals surface area contributed by atoms with E-state index in [1.165, 1.54) is 0 Å². The number of morpholine rings is 1. The van der Waals surface area contributed by atoms with Crippen LogP contribution in [0, 0.1) is 0 Å². The SMILES string of the molecule is O=c1[nH]nc(CN2CCOC(OCc3cc(C(F)(F)F)cc(C(F)(F)F)c3)C2c2ccc(P)cc2)[nH]1. The predicted octanol–water partition coefficient (Wildman–Crippen LogP) is 3.75. The molecule has 0 amide bonds. The molecule has 2 aromatic carbocycles. The Hall–Kier alpha value is -2.73. The maximum Gasteiger partial charge on any atom is 0.416 e. The summed E-state index contributed by atoms with van der Waals surface area (Å²) in [6.45, 7) is 0.220. The van der Waals surface area contributed by atoms with Crippen LogP contribution in [-0.4, -0.2) is 39.5 Å². The summed E-state index contributed by atoms with van der Waals surface area (Å²) < 4.78 is 90.9. The van der Waals surface area contributed by atoms with Crippen LogP contribution in [0.25, 0.3) is 0 Å². The van der Waals surface area contributed by atoms with Gasteiger partial charge in [0, 0.05) is 6.54 Å². The van der Waals surface area contributed by atoms with E-state index in [0.29, 0.717) is 24.5 Å². The van der Waals surface area contributed by atoms with Crippen LogP contribution in [0.3, 0.4) is 0 Å². The fourth-order valence-electron chi connectivity index (χ4n) is 3.92. The number of benzene rings is 2. The minimum Gasteiger partial charge on any atom is -0.349 e. The normalized spacial score (nSPS) is 19.5. The van der Waals surface area contributed by atoms with Crippen LogP contribution in [0.15, 0.2) is 47.3 Å². The van der Waals surface area contributed by atoms with Gasteiger partial charge in [0.2, 0.25) is 0 Å². The van der Waals surface area contributed by atoms with Crippen molar-refractivity contribution in [3.8, 4) is 0 Å². The molecule has 0 spiro atoms. The molecule has 3 unspecified atom stereocenters. The lowest BCUT2D eigenvalue weighted by atomic mass is 10.0. The molecule has 0 radical (unpaired) electrons. The number of halogens is 6. The second-order valence-corrected chi connectivity index (χ2v) is 8.84. The highest BCUT2D eigenvalue weighted by Gasteiger charge is 2.38. The van der Waals surface area contributed by atoms with Crippen molar-refractivity contribution in [1.82, 2.24) is 20.1 Å². The van der Waals surface area contributed by atoms with Gasteiger partial charge in [0.05, 0.1) is 36.9 Å². The molecular formula is C22H21F6N4O3P. The molecule has 2 heterocycles. The summed E-state index contributed by atoms with van der Waals surface area (Å²) >= 11 is 0. The Labute approximate surface area is 203 Å². The van der Waals surface area contributed by atoms with Crippen molar-refractivity contribution in [2.75, 3.05) is 13.2 Å². The Morgan fingerprint density at radius 2 is 1.69 bits per heavy atom. The van der Waals surface area contributed by atoms with Crippen molar-refractivity contribution in [1.29, 1.82) is 0 Å². The van der Waals surface area contributed by atoms with E-state index < -0.39 is 48.1 Å². The van der Waals surface area contributed by atoms with Crippen molar-refractivity contribution in [2.24, 2.45) is 0 Å². The van der Waals surface area contributed by atoms with Crippen LogP contribution in [0.2, 0.25) is 0 Å². The van der Waals surface area contributed by atoms with Crippen molar-refractivity contribution in [3.05, 3.63) is 81.0 Å². The van der Waals surface area contributed by atoms with Gasteiger partial charge in [-0.2, -0.15) is 31.4 Å². The highest BCUT2D eigenvalue weighted by molar-refractivity contribution is 7.27. The molecule has 1 aliphatic rings. The van der Waals surface area contributed by atoms with Gasteiger partial charge in [0.15, 0.2) is 6.29 Å². The zero-order valence-electron chi connectivity index (χ0n) is 18.5. The Kier molecular flexibility index (Phi) is 7.56. The van der Waals surface area contributed by atoms with E-state index in [2.05, 4.69) is 24.4 Å². The number of hydrogen-bond acceptors (Lipinski definition) is 5. The predicted molar refractivity (Wildman–Crippen MR) is 119 cm³/mol. The summed E-state index contributed by atoms with van der Waals surface area (Å²) in [5.41, 5.74) is -2.88. The highest BCUT2D eigenvalue weighted by atomic mass is 31.0. The topological polar surface area (TPSA) is 83.2 Å². The highest BCUT2D eigenvalue weighted by Crippen LogP contribution is 2.37. The smallest absolute Gasteiger partial charge is 0.349 e. The van der Waals surface area contributed by atoms with Crippen LogP contribution in [0.5, 0.6) is 0 Å². The van der Waals surface area contributed by atoms with E-state index in [1.807, 2.05) is 29.2 Å². The summed E-state index contributed by atoms with van der Waals surface area (Å²) in [7, 11) is 2.54. The first-order valence-corrected chi connectivity index (χ1v) is 11.2. The van der Waals surface area contributed by atoms with Crippen LogP contribution in [0.1, 0.15) is 34.1 Å². The lowest BCUT2D eigenvalue weighted by molar-refractivity contribution is -0.218. The van der Waals surface area contributed by atoms with Gasteiger partial charge in [0.1, 0.15) is 5.82 Å². The molecule has 4 rings (SSSR count). The van der Waals surface area contributed by atoms with Crippen molar-refractivity contribution >= 4 is 14.5 Å². The number of hydrogen-bond donors (Lipinski definition) is 2. The molecule has 3 aromatic rings. The number of ether oxygens (including phenoxy) is 2. The van der Waals surface area contributed by atoms with E-state index in [9.17, 15) is 31.1 Å². The third kappa shape index (κ3) is 6.33. The zero-order valence-corrected chi connectivity index (χ0v) is 19.6. The molecule has 1 saturated heterocycles. The standard InChI is InChI=1S/C22H21F6N4O3P/c23-21(24,25)14-7-12(8-15(9-14)22(26,27)28)11-35-19-18(13-1-3-16(36)4-2-13)32(5-6-34-19)10-17-29-20(33)31-30-17/h1-4,7-9,18-19H,5-6,10-11,36H2,(H2,29,30,31,33). The molecule has 0 saturated carbocycles. The molecule has 1 aromatic heterocycles. The average molecular weight is 534 g/mol. The number of nitrogens with one attached hydrogen (secondary N) is 2. The Bertz CT molecular complexity index is 1210. The largest absolute Gasteiger partial charge is 0.416 e. The monoisotopic (exact) mass is 534 g/mol. The first-order chi connectivity index (χ1) is 16.9. The Morgan fingerprint density at radius 1 is 1.06 bits per heavy atom. The van der Waals surface area contributed by atoms with E-state index >= 15 is 0 Å². The Morgan fingerprint density at radius 3 is 2.25 bits per heavy atom. The number of alkyl halides is 6. The van der Waals surface area contributed by atoms with E-state index in [1.54, 1.807) is 0 Å². The van der Waals surface area contributed by atoms with E-state index in [-0.39, 0.29) is 24.8 Å². The molecule has 1 aliphatic heterocycles. The molecule has 0 bridgehead atoms. The lowest BCUT2D eigenvalue weighted by Crippen LogP contribution is -2.46. The molecule has 14 heteroatoms. The van der Waals surface area contributed by atoms with Crippen LogP contribution >= 0.6 is 9.24 Å². The van der Waals surface area contributed by atoms with E-state index in [0.717, 1.165) is 10.9 Å². The van der Waals surface area contributed by atoms with Gasteiger partial charge in [-0.1, -0.05) is 24.3 Å². The summed E-state index contributed by atoms with van der Waals surface area (Å²) in [5.74, 6) is 0.348. The van der Waals surface area contributed by atoms with Gasteiger partial charge in [-0.15, -0.1) is 9.24 Å². The van der Waals surface area contributed by atoms with Crippen LogP contribution < -0.4 is 11.0 Å². The fourth-order valence-corrected chi connectivity index (χ4v) is 4.11. The van der Waals surface area contributed by atoms with Crippen molar-refractivity contribution in [2.45, 2.75) is 37.8 Å². The summed E-state index contributed by atoms with van der Waals surface area (Å²) in [5, 5.41) is 7.08. The van der Waals surface area contributed by atoms with Crippen LogP contribution in [-0.2, 0) is 35.0 Å². The fraction of sp³-hybridized carbons (Fsp3) is 0.364. The van der Waals surface area contributed by atoms with Gasteiger partial charge in [-0.3, -0.25) is 9.88 Å². The maximum absolute atomic E-state index is 13.2. The number of rotatable bonds is 6. The minimum absolute atomic E-state index is 0.0696. The average Bonchev–Trinajstić information content (AvgIpc) is 3.21. The van der Waals surface area contributed by atoms with Gasteiger partial charge in [-0.05, 0) is 34.6 Å². The van der Waals surface area contributed by atoms with Gasteiger partial charge in [0.25, 0.3) is 0 Å². The molecule has 0 aliphatic carbocycles. The summed E-state index contributed by atoms with van der Waals surface area (Å²) in [4.78, 5) is 15.9. The second kappa shape index (κ2) is 10.3. The number of nitrogens with zero attached hydrogens (tertiary/aromatic N) is 2. The van der Waals surface area contributed by atoms with Gasteiger partial charge >= 0.3 is 18.0 Å². The molecule has 3 atom stereocenters. The third-order valence-electron chi connectivity index (χ3n) is 5.55.